The summed E-state index contributed by atoms with van der Waals surface area (Å²) in [5.41, 5.74) is 0.639. The fourth-order valence-corrected chi connectivity index (χ4v) is 3.96. The molecule has 0 unspecified atom stereocenters. The second-order valence-electron chi connectivity index (χ2n) is 6.73. The van der Waals surface area contributed by atoms with Crippen molar-refractivity contribution in [2.75, 3.05) is 13.1 Å². The number of thiophene rings is 1. The van der Waals surface area contributed by atoms with Gasteiger partial charge in [0.15, 0.2) is 5.82 Å². The third-order valence-corrected chi connectivity index (χ3v) is 5.82. The van der Waals surface area contributed by atoms with Crippen LogP contribution in [0.2, 0.25) is 5.02 Å². The smallest absolute Gasteiger partial charge is 0.246 e. The number of carbonyl (C=O) groups is 1. The molecule has 0 spiro atoms. The molecule has 1 saturated heterocycles. The molecule has 1 aliphatic heterocycles. The Labute approximate surface area is 165 Å². The van der Waals surface area contributed by atoms with E-state index in [4.69, 9.17) is 16.1 Å². The molecule has 3 aromatic rings. The number of nitrogens with one attached hydrogen (secondary N) is 2. The van der Waals surface area contributed by atoms with Crippen LogP contribution < -0.4 is 10.6 Å². The molecule has 0 atom stereocenters. The van der Waals surface area contributed by atoms with Gasteiger partial charge < -0.3 is 15.2 Å². The maximum absolute atomic E-state index is 12.8. The number of aromatic nitrogens is 2. The van der Waals surface area contributed by atoms with Crippen LogP contribution in [0.3, 0.4) is 0 Å². The lowest BCUT2D eigenvalue weighted by atomic mass is 9.75. The SMILES string of the molecule is O=C(NCc1nc(Cc2cccs2)no1)C1(Cc2ccc(Cl)cc2)CNC1. The maximum atomic E-state index is 12.8. The first-order valence-electron chi connectivity index (χ1n) is 8.70. The summed E-state index contributed by atoms with van der Waals surface area (Å²) in [7, 11) is 0. The highest BCUT2D eigenvalue weighted by Gasteiger charge is 2.44. The molecule has 2 N–H and O–H groups in total. The van der Waals surface area contributed by atoms with Crippen LogP contribution >= 0.6 is 22.9 Å². The Hall–Kier alpha value is -2.22. The normalized spacial score (nSPS) is 15.3. The van der Waals surface area contributed by atoms with E-state index < -0.39 is 5.41 Å². The van der Waals surface area contributed by atoms with Gasteiger partial charge in [-0.05, 0) is 35.6 Å². The van der Waals surface area contributed by atoms with Crippen LogP contribution in [0, 0.1) is 5.41 Å². The third kappa shape index (κ3) is 4.21. The summed E-state index contributed by atoms with van der Waals surface area (Å²) in [6.07, 6.45) is 1.30. The van der Waals surface area contributed by atoms with Crippen molar-refractivity contribution >= 4 is 28.8 Å². The van der Waals surface area contributed by atoms with Crippen LogP contribution in [0.1, 0.15) is 22.2 Å². The van der Waals surface area contributed by atoms with Gasteiger partial charge in [-0.25, -0.2) is 0 Å². The van der Waals surface area contributed by atoms with Gasteiger partial charge in [0.25, 0.3) is 0 Å². The van der Waals surface area contributed by atoms with E-state index in [0.717, 1.165) is 5.56 Å². The quantitative estimate of drug-likeness (QED) is 0.635. The second kappa shape index (κ2) is 7.80. The molecule has 0 aliphatic carbocycles. The van der Waals surface area contributed by atoms with Crippen molar-refractivity contribution in [1.29, 1.82) is 0 Å². The zero-order chi connectivity index (χ0) is 18.7. The Balaban J connectivity index is 1.35. The summed E-state index contributed by atoms with van der Waals surface area (Å²) in [5.74, 6) is 1.04. The van der Waals surface area contributed by atoms with Crippen LogP contribution in [0.4, 0.5) is 0 Å². The summed E-state index contributed by atoms with van der Waals surface area (Å²) in [5, 5.41) is 12.8. The molecule has 1 aliphatic rings. The van der Waals surface area contributed by atoms with Crippen LogP contribution in [-0.4, -0.2) is 29.1 Å². The van der Waals surface area contributed by atoms with E-state index in [2.05, 4.69) is 20.8 Å². The standard InChI is InChI=1S/C19H19ClN4O2S/c20-14-5-3-13(4-6-14)9-19(11-21-12-19)18(25)22-10-17-23-16(24-26-17)8-15-2-1-7-27-15/h1-7,21H,8-12H2,(H,22,25). The molecule has 6 nitrogen and oxygen atoms in total. The molecular formula is C19H19ClN4O2S. The number of carbonyl (C=O) groups excluding carboxylic acids is 1. The minimum absolute atomic E-state index is 0.00536. The lowest BCUT2D eigenvalue weighted by Gasteiger charge is -2.41. The van der Waals surface area contributed by atoms with E-state index in [0.29, 0.717) is 42.7 Å². The van der Waals surface area contributed by atoms with Crippen LogP contribution in [0.25, 0.3) is 0 Å². The molecule has 0 radical (unpaired) electrons. The fraction of sp³-hybridized carbons (Fsp3) is 0.316. The second-order valence-corrected chi connectivity index (χ2v) is 8.20. The van der Waals surface area contributed by atoms with Gasteiger partial charge in [-0.15, -0.1) is 11.3 Å². The highest BCUT2D eigenvalue weighted by Crippen LogP contribution is 2.28. The molecular weight excluding hydrogens is 384 g/mol. The number of amides is 1. The van der Waals surface area contributed by atoms with Gasteiger partial charge >= 0.3 is 0 Å². The van der Waals surface area contributed by atoms with Crippen molar-refractivity contribution in [2.45, 2.75) is 19.4 Å². The van der Waals surface area contributed by atoms with Crippen LogP contribution in [0.5, 0.6) is 0 Å². The van der Waals surface area contributed by atoms with Gasteiger partial charge in [0.1, 0.15) is 0 Å². The van der Waals surface area contributed by atoms with Crippen molar-refractivity contribution < 1.29 is 9.32 Å². The van der Waals surface area contributed by atoms with Crippen LogP contribution in [-0.2, 0) is 24.2 Å². The first-order chi connectivity index (χ1) is 13.1. The molecule has 140 valence electrons. The largest absolute Gasteiger partial charge is 0.346 e. The van der Waals surface area contributed by atoms with Crippen molar-refractivity contribution in [3.8, 4) is 0 Å². The minimum Gasteiger partial charge on any atom is -0.346 e. The number of halogens is 1. The van der Waals surface area contributed by atoms with E-state index in [1.165, 1.54) is 4.88 Å². The first kappa shape index (κ1) is 18.2. The topological polar surface area (TPSA) is 80.1 Å². The van der Waals surface area contributed by atoms with Crippen molar-refractivity contribution in [1.82, 2.24) is 20.8 Å². The summed E-state index contributed by atoms with van der Waals surface area (Å²) in [4.78, 5) is 18.3. The van der Waals surface area contributed by atoms with E-state index >= 15 is 0 Å². The molecule has 1 amide bonds. The Kier molecular flexibility index (Phi) is 5.24. The molecule has 0 saturated carbocycles. The first-order valence-corrected chi connectivity index (χ1v) is 9.96. The Morgan fingerprint density at radius 1 is 1.30 bits per heavy atom. The molecule has 4 rings (SSSR count). The summed E-state index contributed by atoms with van der Waals surface area (Å²) >= 11 is 7.60. The number of hydrogen-bond acceptors (Lipinski definition) is 6. The zero-order valence-electron chi connectivity index (χ0n) is 14.6. The summed E-state index contributed by atoms with van der Waals surface area (Å²) in [6.45, 7) is 1.53. The van der Waals surface area contributed by atoms with Gasteiger partial charge in [0.2, 0.25) is 11.8 Å². The molecule has 2 aromatic heterocycles. The highest BCUT2D eigenvalue weighted by atomic mass is 35.5. The third-order valence-electron chi connectivity index (χ3n) is 4.69. The van der Waals surface area contributed by atoms with Gasteiger partial charge in [0, 0.05) is 29.4 Å². The number of hydrogen-bond donors (Lipinski definition) is 2. The molecule has 3 heterocycles. The van der Waals surface area contributed by atoms with Gasteiger partial charge in [-0.2, -0.15) is 4.98 Å². The van der Waals surface area contributed by atoms with E-state index in [9.17, 15) is 4.79 Å². The predicted molar refractivity (Wildman–Crippen MR) is 104 cm³/mol. The maximum Gasteiger partial charge on any atom is 0.246 e. The van der Waals surface area contributed by atoms with E-state index in [1.54, 1.807) is 11.3 Å². The van der Waals surface area contributed by atoms with E-state index in [1.807, 2.05) is 41.8 Å². The Bertz CT molecular complexity index is 904. The Morgan fingerprint density at radius 2 is 2.11 bits per heavy atom. The van der Waals surface area contributed by atoms with Gasteiger partial charge in [-0.1, -0.05) is 35.0 Å². The average molecular weight is 403 g/mol. The van der Waals surface area contributed by atoms with Crippen molar-refractivity contribution in [3.05, 3.63) is 69.0 Å². The lowest BCUT2D eigenvalue weighted by Crippen LogP contribution is -2.62. The average Bonchev–Trinajstić information content (AvgIpc) is 3.30. The molecule has 1 aromatic carbocycles. The molecule has 8 heteroatoms. The summed E-state index contributed by atoms with van der Waals surface area (Å²) < 4.78 is 5.26. The molecule has 27 heavy (non-hydrogen) atoms. The van der Waals surface area contributed by atoms with Gasteiger partial charge in [0.05, 0.1) is 12.0 Å². The summed E-state index contributed by atoms with van der Waals surface area (Å²) in [6, 6.07) is 11.7. The Morgan fingerprint density at radius 3 is 2.78 bits per heavy atom. The number of nitrogens with zero attached hydrogens (tertiary/aromatic N) is 2. The van der Waals surface area contributed by atoms with Crippen molar-refractivity contribution in [2.24, 2.45) is 5.41 Å². The highest BCUT2D eigenvalue weighted by molar-refractivity contribution is 7.09. The number of rotatable bonds is 7. The fourth-order valence-electron chi connectivity index (χ4n) is 3.13. The molecule has 1 fully saturated rings. The minimum atomic E-state index is -0.451. The zero-order valence-corrected chi connectivity index (χ0v) is 16.1. The lowest BCUT2D eigenvalue weighted by molar-refractivity contribution is -0.134. The number of benzene rings is 1. The van der Waals surface area contributed by atoms with Crippen LogP contribution in [0.15, 0.2) is 46.3 Å². The molecule has 0 bridgehead atoms. The monoisotopic (exact) mass is 402 g/mol. The van der Waals surface area contributed by atoms with E-state index in [-0.39, 0.29) is 12.5 Å². The predicted octanol–water partition coefficient (Wildman–Crippen LogP) is 2.82. The van der Waals surface area contributed by atoms with Gasteiger partial charge in [-0.3, -0.25) is 4.79 Å². The van der Waals surface area contributed by atoms with Crippen molar-refractivity contribution in [3.63, 3.8) is 0 Å².